The van der Waals surface area contributed by atoms with Gasteiger partial charge >= 0.3 is 0 Å². The number of nitrogens with zero attached hydrogens (tertiary/aromatic N) is 1. The zero-order valence-corrected chi connectivity index (χ0v) is 18.3. The van der Waals surface area contributed by atoms with Crippen LogP contribution in [0.2, 0.25) is 0 Å². The van der Waals surface area contributed by atoms with E-state index in [2.05, 4.69) is 10.6 Å². The minimum Gasteiger partial charge on any atom is -0.497 e. The molecule has 3 aromatic rings. The molecule has 0 saturated heterocycles. The van der Waals surface area contributed by atoms with Gasteiger partial charge in [0, 0.05) is 11.4 Å². The van der Waals surface area contributed by atoms with Gasteiger partial charge in [-0.25, -0.2) is 0 Å². The van der Waals surface area contributed by atoms with Gasteiger partial charge in [-0.05, 0) is 72.7 Å². The quantitative estimate of drug-likeness (QED) is 0.394. The highest BCUT2D eigenvalue weighted by molar-refractivity contribution is 6.09. The van der Waals surface area contributed by atoms with Crippen LogP contribution in [0.25, 0.3) is 6.08 Å². The van der Waals surface area contributed by atoms with Gasteiger partial charge in [-0.1, -0.05) is 24.3 Å². The molecule has 3 aromatic carbocycles. The number of carbonyl (C=O) groups is 2. The molecule has 0 atom stereocenters. The van der Waals surface area contributed by atoms with Crippen molar-refractivity contribution >= 4 is 29.3 Å². The summed E-state index contributed by atoms with van der Waals surface area (Å²) in [4.78, 5) is 24.5. The Labute approximate surface area is 192 Å². The standard InChI is InChI=1S/C26H23N3O4/c1-18-4-3-5-22(14-18)29-26(31)20(16-27)15-19-6-10-24(11-7-19)33-17-25(30)28-21-8-12-23(32-2)13-9-21/h3-15H,17H2,1-2H3,(H,28,30)(H,29,31)/b20-15+. The van der Waals surface area contributed by atoms with Gasteiger partial charge in [-0.3, -0.25) is 9.59 Å². The fraction of sp³-hybridized carbons (Fsp3) is 0.115. The number of anilines is 2. The molecule has 2 amide bonds. The number of rotatable bonds is 8. The molecule has 166 valence electrons. The maximum absolute atomic E-state index is 12.4. The lowest BCUT2D eigenvalue weighted by atomic mass is 10.1. The molecule has 0 radical (unpaired) electrons. The number of hydrogen-bond donors (Lipinski definition) is 2. The second kappa shape index (κ2) is 11.2. The summed E-state index contributed by atoms with van der Waals surface area (Å²) in [6, 6.07) is 23.0. The van der Waals surface area contributed by atoms with E-state index in [1.165, 1.54) is 6.08 Å². The monoisotopic (exact) mass is 441 g/mol. The summed E-state index contributed by atoms with van der Waals surface area (Å²) in [7, 11) is 1.57. The van der Waals surface area contributed by atoms with E-state index in [-0.39, 0.29) is 18.1 Å². The third-order valence-electron chi connectivity index (χ3n) is 4.58. The molecule has 3 rings (SSSR count). The van der Waals surface area contributed by atoms with Crippen molar-refractivity contribution in [2.45, 2.75) is 6.92 Å². The number of ether oxygens (including phenoxy) is 2. The van der Waals surface area contributed by atoms with Gasteiger partial charge in [0.2, 0.25) is 0 Å². The van der Waals surface area contributed by atoms with Crippen molar-refractivity contribution in [3.63, 3.8) is 0 Å². The number of amides is 2. The van der Waals surface area contributed by atoms with Crippen LogP contribution >= 0.6 is 0 Å². The normalized spacial score (nSPS) is 10.6. The van der Waals surface area contributed by atoms with E-state index in [4.69, 9.17) is 9.47 Å². The molecular formula is C26H23N3O4. The molecule has 7 heteroatoms. The third kappa shape index (κ3) is 6.97. The Balaban J connectivity index is 1.55. The summed E-state index contributed by atoms with van der Waals surface area (Å²) in [5, 5.41) is 14.8. The largest absolute Gasteiger partial charge is 0.497 e. The molecule has 2 N–H and O–H groups in total. The maximum atomic E-state index is 12.4. The summed E-state index contributed by atoms with van der Waals surface area (Å²) >= 11 is 0. The molecule has 7 nitrogen and oxygen atoms in total. The van der Waals surface area contributed by atoms with Crippen LogP contribution in [0.1, 0.15) is 11.1 Å². The van der Waals surface area contributed by atoms with E-state index in [9.17, 15) is 14.9 Å². The van der Waals surface area contributed by atoms with Crippen molar-refractivity contribution in [2.24, 2.45) is 0 Å². The maximum Gasteiger partial charge on any atom is 0.266 e. The molecule has 0 aliphatic heterocycles. The van der Waals surface area contributed by atoms with Crippen molar-refractivity contribution in [1.29, 1.82) is 5.26 Å². The molecule has 0 aromatic heterocycles. The Morgan fingerprint density at radius 3 is 2.27 bits per heavy atom. The second-order valence-electron chi connectivity index (χ2n) is 7.13. The molecule has 0 fully saturated rings. The lowest BCUT2D eigenvalue weighted by molar-refractivity contribution is -0.118. The van der Waals surface area contributed by atoms with Crippen molar-refractivity contribution in [3.05, 3.63) is 89.5 Å². The number of benzene rings is 3. The summed E-state index contributed by atoms with van der Waals surface area (Å²) < 4.78 is 10.6. The first-order valence-corrected chi connectivity index (χ1v) is 10.1. The average Bonchev–Trinajstić information content (AvgIpc) is 2.82. The van der Waals surface area contributed by atoms with Crippen LogP contribution in [-0.2, 0) is 9.59 Å². The van der Waals surface area contributed by atoms with Crippen LogP contribution in [0.5, 0.6) is 11.5 Å². The minimum atomic E-state index is -0.487. The number of nitrogens with one attached hydrogen (secondary N) is 2. The fourth-order valence-electron chi connectivity index (χ4n) is 2.92. The summed E-state index contributed by atoms with van der Waals surface area (Å²) in [5.74, 6) is 0.396. The lowest BCUT2D eigenvalue weighted by Crippen LogP contribution is -2.20. The van der Waals surface area contributed by atoms with Crippen LogP contribution in [0.15, 0.2) is 78.4 Å². The molecular weight excluding hydrogens is 418 g/mol. The van der Waals surface area contributed by atoms with E-state index in [0.717, 1.165) is 5.56 Å². The highest BCUT2D eigenvalue weighted by Crippen LogP contribution is 2.17. The van der Waals surface area contributed by atoms with Crippen LogP contribution < -0.4 is 20.1 Å². The second-order valence-corrected chi connectivity index (χ2v) is 7.13. The van der Waals surface area contributed by atoms with Crippen molar-refractivity contribution in [3.8, 4) is 17.6 Å². The van der Waals surface area contributed by atoms with E-state index >= 15 is 0 Å². The molecule has 33 heavy (non-hydrogen) atoms. The smallest absolute Gasteiger partial charge is 0.266 e. The topological polar surface area (TPSA) is 100 Å². The summed E-state index contributed by atoms with van der Waals surface area (Å²) in [5.41, 5.74) is 2.89. The fourth-order valence-corrected chi connectivity index (χ4v) is 2.92. The zero-order chi connectivity index (χ0) is 23.6. The van der Waals surface area contributed by atoms with Crippen LogP contribution in [0.3, 0.4) is 0 Å². The number of hydrogen-bond acceptors (Lipinski definition) is 5. The van der Waals surface area contributed by atoms with Gasteiger partial charge in [0.15, 0.2) is 6.61 Å². The van der Waals surface area contributed by atoms with E-state index in [1.54, 1.807) is 61.7 Å². The van der Waals surface area contributed by atoms with Gasteiger partial charge < -0.3 is 20.1 Å². The number of carbonyl (C=O) groups excluding carboxylic acids is 2. The summed E-state index contributed by atoms with van der Waals surface area (Å²) in [6.45, 7) is 1.76. The molecule has 0 bridgehead atoms. The van der Waals surface area contributed by atoms with Crippen LogP contribution in [0.4, 0.5) is 11.4 Å². The highest BCUT2D eigenvalue weighted by atomic mass is 16.5. The molecule has 0 saturated carbocycles. The molecule has 0 unspecified atom stereocenters. The number of methoxy groups -OCH3 is 1. The summed E-state index contributed by atoms with van der Waals surface area (Å²) in [6.07, 6.45) is 1.49. The van der Waals surface area contributed by atoms with Crippen LogP contribution in [-0.4, -0.2) is 25.5 Å². The predicted molar refractivity (Wildman–Crippen MR) is 127 cm³/mol. The van der Waals surface area contributed by atoms with Gasteiger partial charge in [0.1, 0.15) is 23.1 Å². The van der Waals surface area contributed by atoms with E-state index in [1.807, 2.05) is 31.2 Å². The van der Waals surface area contributed by atoms with E-state index < -0.39 is 5.91 Å². The molecule has 0 heterocycles. The van der Waals surface area contributed by atoms with E-state index in [0.29, 0.717) is 28.4 Å². The molecule has 0 aliphatic rings. The third-order valence-corrected chi connectivity index (χ3v) is 4.58. The van der Waals surface area contributed by atoms with Gasteiger partial charge in [0.25, 0.3) is 11.8 Å². The molecule has 0 spiro atoms. The minimum absolute atomic E-state index is 0.0240. The predicted octanol–water partition coefficient (Wildman–Crippen LogP) is 4.57. The van der Waals surface area contributed by atoms with Crippen LogP contribution in [0, 0.1) is 18.3 Å². The Morgan fingerprint density at radius 1 is 0.939 bits per heavy atom. The molecule has 0 aliphatic carbocycles. The lowest BCUT2D eigenvalue weighted by Gasteiger charge is -2.08. The Kier molecular flexibility index (Phi) is 7.81. The van der Waals surface area contributed by atoms with Crippen molar-refractivity contribution < 1.29 is 19.1 Å². The van der Waals surface area contributed by atoms with Gasteiger partial charge in [0.05, 0.1) is 7.11 Å². The van der Waals surface area contributed by atoms with Crippen molar-refractivity contribution in [1.82, 2.24) is 0 Å². The average molecular weight is 441 g/mol. The Bertz CT molecular complexity index is 1190. The number of aryl methyl sites for hydroxylation is 1. The van der Waals surface area contributed by atoms with Crippen molar-refractivity contribution in [2.75, 3.05) is 24.4 Å². The first-order chi connectivity index (χ1) is 16.0. The van der Waals surface area contributed by atoms with Gasteiger partial charge in [-0.2, -0.15) is 5.26 Å². The zero-order valence-electron chi connectivity index (χ0n) is 18.3. The number of nitriles is 1. The SMILES string of the molecule is COc1ccc(NC(=O)COc2ccc(/C=C(\C#N)C(=O)Nc3cccc(C)c3)cc2)cc1. The first kappa shape index (κ1) is 23.1. The first-order valence-electron chi connectivity index (χ1n) is 10.1. The Hall–Kier alpha value is -4.57. The Morgan fingerprint density at radius 2 is 1.64 bits per heavy atom. The highest BCUT2D eigenvalue weighted by Gasteiger charge is 2.10. The van der Waals surface area contributed by atoms with Gasteiger partial charge in [-0.15, -0.1) is 0 Å².